The topological polar surface area (TPSA) is 0 Å². The normalized spacial score (nSPS) is 15.1. The van der Waals surface area contributed by atoms with Crippen molar-refractivity contribution in [2.24, 2.45) is 0 Å². The Balaban J connectivity index is 1.03. The Kier molecular flexibility index (Phi) is 6.19. The average Bonchev–Trinajstić information content (AvgIpc) is 3.46. The van der Waals surface area contributed by atoms with Gasteiger partial charge in [-0.2, -0.15) is 0 Å². The molecule has 0 aliphatic heterocycles. The van der Waals surface area contributed by atoms with Crippen LogP contribution in [0.25, 0.3) is 87.6 Å². The van der Waals surface area contributed by atoms with Crippen LogP contribution in [0.3, 0.4) is 0 Å². The van der Waals surface area contributed by atoms with Gasteiger partial charge in [-0.3, -0.25) is 0 Å². The van der Waals surface area contributed by atoms with Gasteiger partial charge in [0.25, 0.3) is 0 Å². The van der Waals surface area contributed by atoms with Crippen molar-refractivity contribution in [3.63, 3.8) is 0 Å². The first-order valence-corrected chi connectivity index (χ1v) is 18.3. The number of hydrogen-bond acceptors (Lipinski definition) is 0. The summed E-state index contributed by atoms with van der Waals surface area (Å²) in [4.78, 5) is 0. The van der Waals surface area contributed by atoms with Crippen LogP contribution in [-0.4, -0.2) is 0 Å². The molecule has 0 radical (unpaired) electrons. The fourth-order valence-electron chi connectivity index (χ4n) is 9.24. The molecule has 0 spiro atoms. The summed E-state index contributed by atoms with van der Waals surface area (Å²) in [6.07, 6.45) is 0. The largest absolute Gasteiger partial charge is 0.0622 e. The molecule has 0 aromatic heterocycles. The molecule has 0 nitrogen and oxygen atoms in total. The van der Waals surface area contributed by atoms with E-state index in [4.69, 9.17) is 0 Å². The van der Waals surface area contributed by atoms with Crippen molar-refractivity contribution in [3.8, 4) is 44.5 Å². The molecule has 52 heavy (non-hydrogen) atoms. The van der Waals surface area contributed by atoms with Gasteiger partial charge in [-0.25, -0.2) is 0 Å². The van der Waals surface area contributed by atoms with Gasteiger partial charge in [0.2, 0.25) is 0 Å². The van der Waals surface area contributed by atoms with Crippen LogP contribution in [0, 0.1) is 0 Å². The first-order chi connectivity index (χ1) is 25.6. The standard InChI is InChI=1S/C52H34/c1-52(41-14-6-3-7-15-41)48-32-40(24-27-44(48)47-30-38-12-8-9-13-39(38)31-49(47)52)33-16-18-35(19-17-33)43-26-21-37-22-28-45-42(34-10-4-2-5-11-34)25-20-36-23-29-46(43)51(37)50(36)45/h2-32H,1H3. The molecule has 0 N–H and O–H groups in total. The maximum atomic E-state index is 2.45. The molecule has 0 heteroatoms. The van der Waals surface area contributed by atoms with Gasteiger partial charge in [0.15, 0.2) is 0 Å². The fourth-order valence-corrected chi connectivity index (χ4v) is 9.24. The first-order valence-electron chi connectivity index (χ1n) is 18.3. The third-order valence-corrected chi connectivity index (χ3v) is 11.9. The number of hydrogen-bond donors (Lipinski definition) is 0. The zero-order valence-corrected chi connectivity index (χ0v) is 28.9. The fraction of sp³-hybridized carbons (Fsp3) is 0.0385. The zero-order chi connectivity index (χ0) is 34.4. The lowest BCUT2D eigenvalue weighted by atomic mass is 9.73. The van der Waals surface area contributed by atoms with E-state index in [1.807, 2.05) is 0 Å². The Hall–Kier alpha value is -6.50. The highest BCUT2D eigenvalue weighted by molar-refractivity contribution is 6.27. The van der Waals surface area contributed by atoms with Crippen molar-refractivity contribution in [3.05, 3.63) is 205 Å². The van der Waals surface area contributed by atoms with Gasteiger partial charge in [-0.1, -0.05) is 170 Å². The summed E-state index contributed by atoms with van der Waals surface area (Å²) in [5.41, 5.74) is 14.0. The van der Waals surface area contributed by atoms with E-state index < -0.39 is 0 Å². The third kappa shape index (κ3) is 4.16. The van der Waals surface area contributed by atoms with E-state index in [1.165, 1.54) is 104 Å². The van der Waals surface area contributed by atoms with E-state index in [2.05, 4.69) is 195 Å². The molecular formula is C52H34. The third-order valence-electron chi connectivity index (χ3n) is 11.9. The predicted octanol–water partition coefficient (Wildman–Crippen LogP) is 14.1. The lowest BCUT2D eigenvalue weighted by Crippen LogP contribution is -2.22. The van der Waals surface area contributed by atoms with Crippen LogP contribution in [-0.2, 0) is 5.41 Å². The summed E-state index contributed by atoms with van der Waals surface area (Å²) in [7, 11) is 0. The van der Waals surface area contributed by atoms with Gasteiger partial charge in [0.05, 0.1) is 0 Å². The monoisotopic (exact) mass is 658 g/mol. The minimum Gasteiger partial charge on any atom is -0.0622 e. The second-order valence-corrected chi connectivity index (χ2v) is 14.6. The van der Waals surface area contributed by atoms with Gasteiger partial charge in [0, 0.05) is 5.41 Å². The highest BCUT2D eigenvalue weighted by atomic mass is 14.4. The second-order valence-electron chi connectivity index (χ2n) is 14.6. The molecule has 0 heterocycles. The Labute approximate surface area is 303 Å². The van der Waals surface area contributed by atoms with Crippen molar-refractivity contribution in [1.82, 2.24) is 0 Å². The van der Waals surface area contributed by atoms with Crippen LogP contribution in [0.5, 0.6) is 0 Å². The SMILES string of the molecule is CC1(c2ccccc2)c2cc(-c3ccc(-c4ccc5ccc6c(-c7ccccc7)ccc7ccc4c5c76)cc3)ccc2-c2cc3ccccc3cc21. The Morgan fingerprint density at radius 1 is 0.308 bits per heavy atom. The molecule has 1 aliphatic rings. The zero-order valence-electron chi connectivity index (χ0n) is 28.9. The van der Waals surface area contributed by atoms with Crippen LogP contribution in [0.15, 0.2) is 188 Å². The summed E-state index contributed by atoms with van der Waals surface area (Å²) >= 11 is 0. The summed E-state index contributed by atoms with van der Waals surface area (Å²) in [6, 6.07) is 70.1. The van der Waals surface area contributed by atoms with Crippen molar-refractivity contribution in [2.75, 3.05) is 0 Å². The molecule has 242 valence electrons. The highest BCUT2D eigenvalue weighted by Gasteiger charge is 2.41. The van der Waals surface area contributed by atoms with E-state index in [0.29, 0.717) is 0 Å². The number of fused-ring (bicyclic) bond motifs is 4. The summed E-state index contributed by atoms with van der Waals surface area (Å²) < 4.78 is 0. The van der Waals surface area contributed by atoms with Crippen molar-refractivity contribution >= 4 is 43.1 Å². The molecule has 1 unspecified atom stereocenters. The molecule has 0 saturated carbocycles. The van der Waals surface area contributed by atoms with Crippen molar-refractivity contribution in [2.45, 2.75) is 12.3 Å². The molecule has 0 bridgehead atoms. The molecular weight excluding hydrogens is 625 g/mol. The van der Waals surface area contributed by atoms with Crippen LogP contribution in [0.4, 0.5) is 0 Å². The molecule has 0 saturated heterocycles. The lowest BCUT2D eigenvalue weighted by Gasteiger charge is -2.29. The first kappa shape index (κ1) is 29.3. The van der Waals surface area contributed by atoms with Crippen molar-refractivity contribution < 1.29 is 0 Å². The van der Waals surface area contributed by atoms with Crippen LogP contribution in [0.1, 0.15) is 23.6 Å². The Morgan fingerprint density at radius 3 is 1.44 bits per heavy atom. The minimum atomic E-state index is -0.256. The van der Waals surface area contributed by atoms with E-state index >= 15 is 0 Å². The molecule has 10 aromatic rings. The lowest BCUT2D eigenvalue weighted by molar-refractivity contribution is 0.715. The van der Waals surface area contributed by atoms with Crippen LogP contribution in [0.2, 0.25) is 0 Å². The van der Waals surface area contributed by atoms with Gasteiger partial charge < -0.3 is 0 Å². The molecule has 0 fully saturated rings. The molecule has 1 atom stereocenters. The van der Waals surface area contributed by atoms with Crippen molar-refractivity contribution in [1.29, 1.82) is 0 Å². The molecule has 11 rings (SSSR count). The summed E-state index contributed by atoms with van der Waals surface area (Å²) in [5, 5.41) is 10.5. The van der Waals surface area contributed by atoms with Crippen LogP contribution < -0.4 is 0 Å². The average molecular weight is 659 g/mol. The summed E-state index contributed by atoms with van der Waals surface area (Å²) in [5.74, 6) is 0. The van der Waals surface area contributed by atoms with E-state index in [1.54, 1.807) is 0 Å². The smallest absolute Gasteiger partial charge is 0.0435 e. The van der Waals surface area contributed by atoms with E-state index in [-0.39, 0.29) is 5.41 Å². The molecule has 10 aromatic carbocycles. The van der Waals surface area contributed by atoms with Gasteiger partial charge >= 0.3 is 0 Å². The van der Waals surface area contributed by atoms with E-state index in [9.17, 15) is 0 Å². The number of benzene rings is 10. The van der Waals surface area contributed by atoms with Crippen LogP contribution >= 0.6 is 0 Å². The maximum absolute atomic E-state index is 2.45. The van der Waals surface area contributed by atoms with Gasteiger partial charge in [0.1, 0.15) is 0 Å². The second kappa shape index (κ2) is 11.0. The predicted molar refractivity (Wildman–Crippen MR) is 221 cm³/mol. The highest BCUT2D eigenvalue weighted by Crippen LogP contribution is 2.54. The molecule has 1 aliphatic carbocycles. The van der Waals surface area contributed by atoms with E-state index in [0.717, 1.165) is 0 Å². The van der Waals surface area contributed by atoms with Gasteiger partial charge in [-0.15, -0.1) is 0 Å². The maximum Gasteiger partial charge on any atom is 0.0435 e. The Morgan fingerprint density at radius 2 is 0.788 bits per heavy atom. The minimum absolute atomic E-state index is 0.256. The number of rotatable bonds is 4. The molecule has 0 amide bonds. The van der Waals surface area contributed by atoms with Gasteiger partial charge in [-0.05, 0) is 129 Å². The quantitative estimate of drug-likeness (QED) is 0.165. The summed E-state index contributed by atoms with van der Waals surface area (Å²) in [6.45, 7) is 2.41. The Bertz CT molecular complexity index is 2990.